The van der Waals surface area contributed by atoms with Gasteiger partial charge in [0.2, 0.25) is 0 Å². The van der Waals surface area contributed by atoms with Crippen LogP contribution in [-0.4, -0.2) is 36.2 Å². The van der Waals surface area contributed by atoms with E-state index in [2.05, 4.69) is 21.6 Å². The molecule has 0 atom stereocenters. The van der Waals surface area contributed by atoms with Gasteiger partial charge in [0.25, 0.3) is 0 Å². The maximum absolute atomic E-state index is 10.7. The molecule has 7 heteroatoms. The van der Waals surface area contributed by atoms with Gasteiger partial charge in [-0.15, -0.1) is 0 Å². The number of nitrogens with zero attached hydrogens (tertiary/aromatic N) is 4. The van der Waals surface area contributed by atoms with Crippen molar-refractivity contribution in [2.75, 3.05) is 5.75 Å². The van der Waals surface area contributed by atoms with Gasteiger partial charge in [-0.05, 0) is 18.9 Å². The second-order valence-corrected chi connectivity index (χ2v) is 5.28. The summed E-state index contributed by atoms with van der Waals surface area (Å²) < 4.78 is 4.00. The molecule has 0 radical (unpaired) electrons. The van der Waals surface area contributed by atoms with Crippen molar-refractivity contribution in [2.24, 2.45) is 0 Å². The topological polar surface area (TPSA) is 72.9 Å². The number of hydrogen-bond donors (Lipinski definition) is 1. The maximum Gasteiger partial charge on any atom is 0.313 e. The molecule has 2 rings (SSSR count). The number of carboxylic acid groups (broad SMARTS) is 1. The van der Waals surface area contributed by atoms with E-state index in [9.17, 15) is 4.79 Å². The van der Waals surface area contributed by atoms with Gasteiger partial charge in [0, 0.05) is 37.4 Å². The summed E-state index contributed by atoms with van der Waals surface area (Å²) in [6.07, 6.45) is 7.36. The Balaban J connectivity index is 1.96. The van der Waals surface area contributed by atoms with E-state index >= 15 is 0 Å². The second kappa shape index (κ2) is 7.14. The van der Waals surface area contributed by atoms with E-state index in [-0.39, 0.29) is 5.75 Å². The van der Waals surface area contributed by atoms with Crippen molar-refractivity contribution in [3.63, 3.8) is 0 Å². The highest BCUT2D eigenvalue weighted by molar-refractivity contribution is 7.99. The van der Waals surface area contributed by atoms with E-state index < -0.39 is 5.97 Å². The van der Waals surface area contributed by atoms with Crippen LogP contribution in [0.3, 0.4) is 0 Å². The molecule has 0 aliphatic carbocycles. The first-order valence-corrected chi connectivity index (χ1v) is 7.55. The number of rotatable bonds is 8. The lowest BCUT2D eigenvalue weighted by molar-refractivity contribution is -0.133. The summed E-state index contributed by atoms with van der Waals surface area (Å²) in [6.45, 7) is 3.75. The maximum atomic E-state index is 10.7. The van der Waals surface area contributed by atoms with Gasteiger partial charge in [-0.25, -0.2) is 4.98 Å². The van der Waals surface area contributed by atoms with Crippen molar-refractivity contribution in [1.29, 1.82) is 0 Å². The molecule has 0 saturated carbocycles. The smallest absolute Gasteiger partial charge is 0.313 e. The molecule has 0 spiro atoms. The van der Waals surface area contributed by atoms with Gasteiger partial charge in [-0.1, -0.05) is 18.7 Å². The average molecular weight is 294 g/mol. The summed E-state index contributed by atoms with van der Waals surface area (Å²) in [7, 11) is 0. The monoisotopic (exact) mass is 294 g/mol. The Hall–Kier alpha value is -1.76. The summed E-state index contributed by atoms with van der Waals surface area (Å²) in [5, 5.41) is 13.7. The Labute approximate surface area is 121 Å². The van der Waals surface area contributed by atoms with Crippen LogP contribution in [0.5, 0.6) is 0 Å². The number of imidazole rings is 1. The van der Waals surface area contributed by atoms with Crippen molar-refractivity contribution >= 4 is 17.7 Å². The van der Waals surface area contributed by atoms with E-state index in [1.54, 1.807) is 6.20 Å². The summed E-state index contributed by atoms with van der Waals surface area (Å²) in [5.74, 6) is -0.779. The van der Waals surface area contributed by atoms with Crippen LogP contribution in [0.2, 0.25) is 0 Å². The molecule has 108 valence electrons. The van der Waals surface area contributed by atoms with Gasteiger partial charge in [-0.2, -0.15) is 5.10 Å². The third-order valence-corrected chi connectivity index (χ3v) is 3.89. The molecule has 0 amide bonds. The molecule has 2 heterocycles. The van der Waals surface area contributed by atoms with Crippen molar-refractivity contribution in [2.45, 2.75) is 38.0 Å². The predicted molar refractivity (Wildman–Crippen MR) is 76.8 cm³/mol. The second-order valence-electron chi connectivity index (χ2n) is 4.34. The molecular weight excluding hydrogens is 276 g/mol. The number of aryl methyl sites for hydroxylation is 2. The summed E-state index contributed by atoms with van der Waals surface area (Å²) in [5.41, 5.74) is 1.14. The minimum Gasteiger partial charge on any atom is -0.481 e. The summed E-state index contributed by atoms with van der Waals surface area (Å²) in [6, 6.07) is 1.91. The molecular formula is C13H18N4O2S. The van der Waals surface area contributed by atoms with Crippen LogP contribution >= 0.6 is 11.8 Å². The van der Waals surface area contributed by atoms with Crippen LogP contribution in [0.4, 0.5) is 0 Å². The van der Waals surface area contributed by atoms with E-state index in [1.165, 1.54) is 11.8 Å². The lowest BCUT2D eigenvalue weighted by Crippen LogP contribution is -2.09. The fourth-order valence-electron chi connectivity index (χ4n) is 1.98. The van der Waals surface area contributed by atoms with Gasteiger partial charge in [0.15, 0.2) is 5.16 Å². The lowest BCUT2D eigenvalue weighted by atomic mass is 10.3. The van der Waals surface area contributed by atoms with Gasteiger partial charge in [0.05, 0.1) is 5.75 Å². The number of aromatic nitrogens is 4. The van der Waals surface area contributed by atoms with Crippen LogP contribution in [-0.2, 0) is 24.3 Å². The first kappa shape index (κ1) is 14.6. The number of aliphatic carboxylic acids is 1. The Morgan fingerprint density at radius 3 is 2.95 bits per heavy atom. The molecule has 1 N–H and O–H groups in total. The molecule has 0 fully saturated rings. The normalized spacial score (nSPS) is 10.8. The van der Waals surface area contributed by atoms with Crippen LogP contribution in [0.1, 0.15) is 19.0 Å². The number of thioether (sulfide) groups is 1. The number of carbonyl (C=O) groups is 1. The van der Waals surface area contributed by atoms with E-state index in [1.807, 2.05) is 23.1 Å². The predicted octanol–water partition coefficient (Wildman–Crippen LogP) is 1.91. The van der Waals surface area contributed by atoms with Crippen molar-refractivity contribution in [3.05, 3.63) is 30.4 Å². The van der Waals surface area contributed by atoms with E-state index in [0.717, 1.165) is 36.8 Å². The van der Waals surface area contributed by atoms with Crippen molar-refractivity contribution < 1.29 is 9.90 Å². The molecule has 0 aromatic carbocycles. The molecule has 20 heavy (non-hydrogen) atoms. The Morgan fingerprint density at radius 2 is 2.30 bits per heavy atom. The molecule has 6 nitrogen and oxygen atoms in total. The largest absolute Gasteiger partial charge is 0.481 e. The molecule has 0 saturated heterocycles. The first-order chi connectivity index (χ1) is 9.70. The van der Waals surface area contributed by atoms with Crippen LogP contribution in [0, 0.1) is 0 Å². The first-order valence-electron chi connectivity index (χ1n) is 6.57. The van der Waals surface area contributed by atoms with E-state index in [4.69, 9.17) is 5.11 Å². The van der Waals surface area contributed by atoms with Crippen LogP contribution < -0.4 is 0 Å². The van der Waals surface area contributed by atoms with Crippen LogP contribution in [0.25, 0.3) is 0 Å². The van der Waals surface area contributed by atoms with Gasteiger partial charge in [0.1, 0.15) is 0 Å². The fourth-order valence-corrected chi connectivity index (χ4v) is 2.72. The number of hydrogen-bond acceptors (Lipinski definition) is 4. The fraction of sp³-hybridized carbons (Fsp3) is 0.462. The third-order valence-electron chi connectivity index (χ3n) is 2.92. The Kier molecular flexibility index (Phi) is 5.23. The minimum absolute atomic E-state index is 0.0410. The van der Waals surface area contributed by atoms with Crippen LogP contribution in [0.15, 0.2) is 29.8 Å². The summed E-state index contributed by atoms with van der Waals surface area (Å²) >= 11 is 1.27. The van der Waals surface area contributed by atoms with Gasteiger partial charge >= 0.3 is 5.97 Å². The van der Waals surface area contributed by atoms with Crippen molar-refractivity contribution in [3.8, 4) is 0 Å². The molecule has 0 unspecified atom stereocenters. The highest BCUT2D eigenvalue weighted by Gasteiger charge is 2.10. The minimum atomic E-state index is -0.820. The lowest BCUT2D eigenvalue weighted by Gasteiger charge is -2.10. The molecule has 0 aliphatic rings. The van der Waals surface area contributed by atoms with Gasteiger partial charge < -0.3 is 9.67 Å². The SMILES string of the molecule is CCc1cnc(SCC(=O)O)n1CCCn1cccn1. The Bertz CT molecular complexity index is 551. The average Bonchev–Trinajstić information content (AvgIpc) is 3.06. The molecule has 2 aromatic rings. The standard InChI is InChI=1S/C13H18N4O2S/c1-2-11-9-14-13(20-10-12(18)19)17(11)8-4-7-16-6-3-5-15-16/h3,5-6,9H,2,4,7-8,10H2,1H3,(H,18,19). The summed E-state index contributed by atoms with van der Waals surface area (Å²) in [4.78, 5) is 15.0. The number of carboxylic acids is 1. The molecule has 0 aliphatic heterocycles. The Morgan fingerprint density at radius 1 is 1.45 bits per heavy atom. The zero-order valence-corrected chi connectivity index (χ0v) is 12.2. The zero-order valence-electron chi connectivity index (χ0n) is 11.4. The third kappa shape index (κ3) is 3.86. The molecule has 0 bridgehead atoms. The van der Waals surface area contributed by atoms with Crippen molar-refractivity contribution in [1.82, 2.24) is 19.3 Å². The quantitative estimate of drug-likeness (QED) is 0.753. The highest BCUT2D eigenvalue weighted by atomic mass is 32.2. The van der Waals surface area contributed by atoms with Gasteiger partial charge in [-0.3, -0.25) is 9.48 Å². The zero-order chi connectivity index (χ0) is 14.4. The van der Waals surface area contributed by atoms with E-state index in [0.29, 0.717) is 0 Å². The molecule has 2 aromatic heterocycles. The highest BCUT2D eigenvalue weighted by Crippen LogP contribution is 2.19.